The maximum Gasteiger partial charge on any atom is 0.0940 e. The third-order valence-corrected chi connectivity index (χ3v) is 3.63. The number of aromatic nitrogens is 1. The molecule has 0 spiro atoms. The van der Waals surface area contributed by atoms with Gasteiger partial charge in [-0.15, -0.1) is 11.3 Å². The molecule has 15 heavy (non-hydrogen) atoms. The molecule has 0 unspecified atom stereocenters. The highest BCUT2D eigenvalue weighted by Gasteiger charge is 2.12. The molecule has 2 rings (SSSR count). The van der Waals surface area contributed by atoms with E-state index in [1.165, 1.54) is 9.88 Å². The molecule has 1 saturated heterocycles. The molecule has 0 atom stereocenters. The van der Waals surface area contributed by atoms with Gasteiger partial charge in [0.2, 0.25) is 0 Å². The van der Waals surface area contributed by atoms with Crippen LogP contribution in [0.2, 0.25) is 0 Å². The molecule has 0 saturated carbocycles. The molecule has 2 heterocycles. The zero-order valence-electron chi connectivity index (χ0n) is 9.16. The lowest BCUT2D eigenvalue weighted by Gasteiger charge is -2.22. The molecule has 1 aromatic rings. The standard InChI is InChI=1S/C11H18N2OS/c1-9-8-13-11(15-9)2-5-12-10-3-6-14-7-4-10/h8,10,12H,2-7H2,1H3. The maximum atomic E-state index is 5.32. The van der Waals surface area contributed by atoms with Crippen LogP contribution in [-0.4, -0.2) is 30.8 Å². The van der Waals surface area contributed by atoms with Crippen molar-refractivity contribution in [1.29, 1.82) is 0 Å². The largest absolute Gasteiger partial charge is 0.381 e. The van der Waals surface area contributed by atoms with Crippen LogP contribution in [0.3, 0.4) is 0 Å². The van der Waals surface area contributed by atoms with Crippen molar-refractivity contribution in [1.82, 2.24) is 10.3 Å². The second kappa shape index (κ2) is 5.58. The van der Waals surface area contributed by atoms with Crippen molar-refractivity contribution in [3.63, 3.8) is 0 Å². The molecular weight excluding hydrogens is 208 g/mol. The van der Waals surface area contributed by atoms with E-state index in [9.17, 15) is 0 Å². The Balaban J connectivity index is 1.65. The van der Waals surface area contributed by atoms with E-state index in [0.29, 0.717) is 6.04 Å². The molecule has 1 fully saturated rings. The summed E-state index contributed by atoms with van der Waals surface area (Å²) in [5.74, 6) is 0. The molecule has 0 radical (unpaired) electrons. The molecule has 1 aliphatic rings. The number of thiazole rings is 1. The smallest absolute Gasteiger partial charge is 0.0940 e. The minimum absolute atomic E-state index is 0.653. The third-order valence-electron chi connectivity index (χ3n) is 2.66. The molecule has 1 aliphatic heterocycles. The van der Waals surface area contributed by atoms with Gasteiger partial charge in [0.25, 0.3) is 0 Å². The lowest BCUT2D eigenvalue weighted by Crippen LogP contribution is -2.35. The molecule has 0 aliphatic carbocycles. The summed E-state index contributed by atoms with van der Waals surface area (Å²) in [5.41, 5.74) is 0. The third kappa shape index (κ3) is 3.55. The number of hydrogen-bond acceptors (Lipinski definition) is 4. The van der Waals surface area contributed by atoms with E-state index < -0.39 is 0 Å². The van der Waals surface area contributed by atoms with Gasteiger partial charge >= 0.3 is 0 Å². The Bertz CT molecular complexity index is 295. The zero-order valence-corrected chi connectivity index (χ0v) is 9.98. The van der Waals surface area contributed by atoms with Crippen LogP contribution in [0.5, 0.6) is 0 Å². The molecule has 1 aromatic heterocycles. The van der Waals surface area contributed by atoms with E-state index >= 15 is 0 Å². The van der Waals surface area contributed by atoms with E-state index in [4.69, 9.17) is 4.74 Å². The second-order valence-corrected chi connectivity index (χ2v) is 5.27. The Labute approximate surface area is 94.9 Å². The number of rotatable bonds is 4. The fourth-order valence-corrected chi connectivity index (χ4v) is 2.59. The Morgan fingerprint density at radius 2 is 2.33 bits per heavy atom. The van der Waals surface area contributed by atoms with Crippen molar-refractivity contribution in [2.24, 2.45) is 0 Å². The Morgan fingerprint density at radius 1 is 1.53 bits per heavy atom. The van der Waals surface area contributed by atoms with Crippen LogP contribution < -0.4 is 5.32 Å². The van der Waals surface area contributed by atoms with Crippen molar-refractivity contribution in [2.45, 2.75) is 32.2 Å². The van der Waals surface area contributed by atoms with Crippen molar-refractivity contribution >= 4 is 11.3 Å². The van der Waals surface area contributed by atoms with Crippen molar-refractivity contribution in [2.75, 3.05) is 19.8 Å². The van der Waals surface area contributed by atoms with Gasteiger partial charge in [0, 0.05) is 43.3 Å². The first-order chi connectivity index (χ1) is 7.34. The SMILES string of the molecule is Cc1cnc(CCNC2CCOCC2)s1. The van der Waals surface area contributed by atoms with Gasteiger partial charge in [-0.05, 0) is 19.8 Å². The van der Waals surface area contributed by atoms with E-state index in [0.717, 1.165) is 39.0 Å². The van der Waals surface area contributed by atoms with Gasteiger partial charge in [-0.1, -0.05) is 0 Å². The highest BCUT2D eigenvalue weighted by Crippen LogP contribution is 2.11. The molecule has 1 N–H and O–H groups in total. The van der Waals surface area contributed by atoms with Crippen LogP contribution in [0.15, 0.2) is 6.20 Å². The number of nitrogens with zero attached hydrogens (tertiary/aromatic N) is 1. The Hall–Kier alpha value is -0.450. The van der Waals surface area contributed by atoms with Crippen LogP contribution in [0.4, 0.5) is 0 Å². The molecule has 4 heteroatoms. The van der Waals surface area contributed by atoms with Gasteiger partial charge in [0.1, 0.15) is 0 Å². The summed E-state index contributed by atoms with van der Waals surface area (Å²) in [6, 6.07) is 0.653. The fourth-order valence-electron chi connectivity index (χ4n) is 1.80. The first-order valence-corrected chi connectivity index (χ1v) is 6.38. The van der Waals surface area contributed by atoms with Crippen LogP contribution in [-0.2, 0) is 11.2 Å². The topological polar surface area (TPSA) is 34.2 Å². The summed E-state index contributed by atoms with van der Waals surface area (Å²) in [7, 11) is 0. The van der Waals surface area contributed by atoms with Gasteiger partial charge in [-0.2, -0.15) is 0 Å². The van der Waals surface area contributed by atoms with Crippen LogP contribution in [0.25, 0.3) is 0 Å². The molecule has 0 aromatic carbocycles. The van der Waals surface area contributed by atoms with Crippen molar-refractivity contribution in [3.8, 4) is 0 Å². The number of ether oxygens (including phenoxy) is 1. The minimum atomic E-state index is 0.653. The normalized spacial score (nSPS) is 18.2. The predicted molar refractivity (Wildman–Crippen MR) is 62.4 cm³/mol. The van der Waals surface area contributed by atoms with Gasteiger partial charge in [0.15, 0.2) is 0 Å². The average Bonchev–Trinajstić information content (AvgIpc) is 2.66. The predicted octanol–water partition coefficient (Wildman–Crippen LogP) is 1.76. The summed E-state index contributed by atoms with van der Waals surface area (Å²) >= 11 is 1.80. The quantitative estimate of drug-likeness (QED) is 0.849. The molecule has 84 valence electrons. The van der Waals surface area contributed by atoms with Gasteiger partial charge in [-0.25, -0.2) is 4.98 Å². The van der Waals surface area contributed by atoms with E-state index in [-0.39, 0.29) is 0 Å². The highest BCUT2D eigenvalue weighted by molar-refractivity contribution is 7.11. The molecule has 0 amide bonds. The fraction of sp³-hybridized carbons (Fsp3) is 0.727. The summed E-state index contributed by atoms with van der Waals surface area (Å²) in [6.45, 7) is 4.97. The molecule has 0 bridgehead atoms. The maximum absolute atomic E-state index is 5.32. The van der Waals surface area contributed by atoms with Gasteiger partial charge in [0.05, 0.1) is 5.01 Å². The number of nitrogens with one attached hydrogen (secondary N) is 1. The molecular formula is C11H18N2OS. The van der Waals surface area contributed by atoms with Crippen LogP contribution >= 0.6 is 11.3 Å². The monoisotopic (exact) mass is 226 g/mol. The van der Waals surface area contributed by atoms with Crippen LogP contribution in [0, 0.1) is 6.92 Å². The minimum Gasteiger partial charge on any atom is -0.381 e. The van der Waals surface area contributed by atoms with E-state index in [2.05, 4.69) is 17.2 Å². The van der Waals surface area contributed by atoms with E-state index in [1.807, 2.05) is 6.20 Å². The Morgan fingerprint density at radius 3 is 3.00 bits per heavy atom. The first kappa shape index (κ1) is 11.0. The average molecular weight is 226 g/mol. The number of hydrogen-bond donors (Lipinski definition) is 1. The molecule has 3 nitrogen and oxygen atoms in total. The summed E-state index contributed by atoms with van der Waals surface area (Å²) in [4.78, 5) is 5.65. The summed E-state index contributed by atoms with van der Waals surface area (Å²) in [5, 5.41) is 4.81. The second-order valence-electron chi connectivity index (χ2n) is 3.96. The van der Waals surface area contributed by atoms with Crippen molar-refractivity contribution in [3.05, 3.63) is 16.1 Å². The Kier molecular flexibility index (Phi) is 4.11. The summed E-state index contributed by atoms with van der Waals surface area (Å²) in [6.07, 6.45) is 5.30. The lowest BCUT2D eigenvalue weighted by molar-refractivity contribution is 0.0782. The first-order valence-electron chi connectivity index (χ1n) is 5.57. The number of aryl methyl sites for hydroxylation is 1. The van der Waals surface area contributed by atoms with Crippen molar-refractivity contribution < 1.29 is 4.74 Å². The highest BCUT2D eigenvalue weighted by atomic mass is 32.1. The summed E-state index contributed by atoms with van der Waals surface area (Å²) < 4.78 is 5.32. The van der Waals surface area contributed by atoms with Gasteiger partial charge < -0.3 is 10.1 Å². The van der Waals surface area contributed by atoms with E-state index in [1.54, 1.807) is 11.3 Å². The van der Waals surface area contributed by atoms with Gasteiger partial charge in [-0.3, -0.25) is 0 Å². The zero-order chi connectivity index (χ0) is 10.5. The van der Waals surface area contributed by atoms with Crippen LogP contribution in [0.1, 0.15) is 22.7 Å². The lowest BCUT2D eigenvalue weighted by atomic mass is 10.1.